The van der Waals surface area contributed by atoms with Crippen LogP contribution in [0.5, 0.6) is 0 Å². The van der Waals surface area contributed by atoms with Gasteiger partial charge in [0.25, 0.3) is 0 Å². The predicted molar refractivity (Wildman–Crippen MR) is 51.1 cm³/mol. The van der Waals surface area contributed by atoms with Crippen molar-refractivity contribution in [2.75, 3.05) is 46.8 Å². The molecule has 0 saturated heterocycles. The second kappa shape index (κ2) is 6.53. The highest BCUT2D eigenvalue weighted by Crippen LogP contribution is 2.50. The Labute approximate surface area is 80.0 Å². The van der Waals surface area contributed by atoms with E-state index in [2.05, 4.69) is 0 Å². The zero-order valence-corrected chi connectivity index (χ0v) is 9.07. The summed E-state index contributed by atoms with van der Waals surface area (Å²) < 4.78 is 36.5. The van der Waals surface area contributed by atoms with Crippen molar-refractivity contribution in [1.82, 2.24) is 4.31 Å². The Bertz CT molecular complexity index is 124. The van der Waals surface area contributed by atoms with Gasteiger partial charge in [0.15, 0.2) is 0 Å². The molecule has 0 saturated carbocycles. The first-order valence-electron chi connectivity index (χ1n) is 3.93. The van der Waals surface area contributed by atoms with Crippen molar-refractivity contribution in [2.45, 2.75) is 0 Å². The summed E-state index contributed by atoms with van der Waals surface area (Å²) in [5, 5.41) is 0. The highest BCUT2D eigenvalue weighted by atomic mass is 32.3. The molecule has 0 rings (SSSR count). The van der Waals surface area contributed by atoms with Gasteiger partial charge in [0.1, 0.15) is 11.0 Å². The van der Waals surface area contributed by atoms with Crippen LogP contribution in [0, 0.1) is 0 Å². The second-order valence-electron chi connectivity index (χ2n) is 2.60. The maximum atomic E-state index is 12.9. The molecule has 0 unspecified atom stereocenters. The highest BCUT2D eigenvalue weighted by Gasteiger charge is 2.24. The number of hydrogen-bond donors (Lipinski definition) is 0. The zero-order chi connectivity index (χ0) is 10.3. The minimum absolute atomic E-state index is 0.249. The van der Waals surface area contributed by atoms with E-state index >= 15 is 0 Å². The van der Waals surface area contributed by atoms with Crippen molar-refractivity contribution >= 4 is 11.0 Å². The van der Waals surface area contributed by atoms with E-state index < -0.39 is 11.0 Å². The summed E-state index contributed by atoms with van der Waals surface area (Å²) in [6.45, 7) is 1.14. The van der Waals surface area contributed by atoms with Crippen LogP contribution < -0.4 is 0 Å². The Hall–Kier alpha value is 0.0900. The van der Waals surface area contributed by atoms with Crippen molar-refractivity contribution in [3.63, 3.8) is 0 Å². The zero-order valence-electron chi connectivity index (χ0n) is 8.26. The summed E-state index contributed by atoms with van der Waals surface area (Å²) in [5.41, 5.74) is 0. The molecule has 0 atom stereocenters. The lowest BCUT2D eigenvalue weighted by atomic mass is 10.6. The molecule has 6 heteroatoms. The molecule has 0 spiro atoms. The van der Waals surface area contributed by atoms with Crippen LogP contribution in [-0.2, 0) is 9.47 Å². The molecule has 0 aliphatic rings. The molecular formula is C7H17F2NO2S. The van der Waals surface area contributed by atoms with Gasteiger partial charge in [-0.1, -0.05) is 0 Å². The first-order chi connectivity index (χ1) is 6.02. The number of methoxy groups -OCH3 is 2. The molecule has 0 N–H and O–H groups in total. The Morgan fingerprint density at radius 1 is 1.08 bits per heavy atom. The molecule has 0 aromatic carbocycles. The highest BCUT2D eigenvalue weighted by molar-refractivity contribution is 8.22. The molecule has 0 aromatic rings. The maximum absolute atomic E-state index is 12.9. The Kier molecular flexibility index (Phi) is 6.58. The third-order valence-corrected chi connectivity index (χ3v) is 2.81. The molecule has 0 aliphatic carbocycles. The lowest BCUT2D eigenvalue weighted by Crippen LogP contribution is -2.29. The van der Waals surface area contributed by atoms with Gasteiger partial charge in [-0.15, -0.1) is 7.77 Å². The van der Waals surface area contributed by atoms with E-state index in [1.54, 1.807) is 0 Å². The van der Waals surface area contributed by atoms with E-state index in [0.717, 1.165) is 10.6 Å². The van der Waals surface area contributed by atoms with Gasteiger partial charge in [0.05, 0.1) is 13.2 Å². The van der Waals surface area contributed by atoms with Gasteiger partial charge < -0.3 is 9.47 Å². The van der Waals surface area contributed by atoms with Crippen LogP contribution >= 0.6 is 11.0 Å². The van der Waals surface area contributed by atoms with Crippen LogP contribution in [0.15, 0.2) is 0 Å². The van der Waals surface area contributed by atoms with Gasteiger partial charge in [0, 0.05) is 33.6 Å². The van der Waals surface area contributed by atoms with E-state index in [0.29, 0.717) is 13.2 Å². The average Bonchev–Trinajstić information content (AvgIpc) is 2.02. The molecule has 82 valence electrons. The first-order valence-corrected chi connectivity index (χ1v) is 5.72. The molecule has 0 aromatic heterocycles. The van der Waals surface area contributed by atoms with Gasteiger partial charge in [-0.3, -0.25) is 0 Å². The second-order valence-corrected chi connectivity index (χ2v) is 4.49. The molecule has 0 amide bonds. The van der Waals surface area contributed by atoms with Crippen LogP contribution in [0.3, 0.4) is 0 Å². The molecular weight excluding hydrogens is 200 g/mol. The van der Waals surface area contributed by atoms with Gasteiger partial charge in [0.2, 0.25) is 0 Å². The lowest BCUT2D eigenvalue weighted by molar-refractivity contribution is 0.149. The predicted octanol–water partition coefficient (Wildman–Crippen LogP) is 1.70. The SMILES string of the molecule is COCCN(CCOC)S(C)(F)F. The van der Waals surface area contributed by atoms with Crippen molar-refractivity contribution in [3.05, 3.63) is 0 Å². The van der Waals surface area contributed by atoms with E-state index in [1.165, 1.54) is 14.2 Å². The van der Waals surface area contributed by atoms with Crippen LogP contribution in [0.4, 0.5) is 7.77 Å². The van der Waals surface area contributed by atoms with Crippen molar-refractivity contribution in [2.24, 2.45) is 0 Å². The van der Waals surface area contributed by atoms with E-state index in [-0.39, 0.29) is 13.1 Å². The summed E-state index contributed by atoms with van der Waals surface area (Å²) in [5.74, 6) is 0. The largest absolute Gasteiger partial charge is 0.383 e. The fourth-order valence-corrected chi connectivity index (χ4v) is 1.61. The first kappa shape index (κ1) is 13.1. The summed E-state index contributed by atoms with van der Waals surface area (Å²) >= 11 is 0. The normalized spacial score (nSPS) is 13.7. The summed E-state index contributed by atoms with van der Waals surface area (Å²) in [4.78, 5) is 0. The van der Waals surface area contributed by atoms with E-state index in [4.69, 9.17) is 9.47 Å². The molecule has 0 bridgehead atoms. The fourth-order valence-electron chi connectivity index (χ4n) is 0.819. The fraction of sp³-hybridized carbons (Fsp3) is 1.00. The Balaban J connectivity index is 3.88. The van der Waals surface area contributed by atoms with Gasteiger partial charge >= 0.3 is 0 Å². The number of rotatable bonds is 7. The summed E-state index contributed by atoms with van der Waals surface area (Å²) in [6.07, 6.45) is 0.957. The lowest BCUT2D eigenvalue weighted by Gasteiger charge is -2.30. The van der Waals surface area contributed by atoms with Gasteiger partial charge in [-0.2, -0.15) is 0 Å². The Morgan fingerprint density at radius 3 is 1.69 bits per heavy atom. The van der Waals surface area contributed by atoms with Crippen LogP contribution in [0.25, 0.3) is 0 Å². The number of ether oxygens (including phenoxy) is 2. The molecule has 3 nitrogen and oxygen atoms in total. The third-order valence-electron chi connectivity index (χ3n) is 1.54. The number of nitrogens with zero attached hydrogens (tertiary/aromatic N) is 1. The minimum atomic E-state index is -3.64. The monoisotopic (exact) mass is 217 g/mol. The van der Waals surface area contributed by atoms with Gasteiger partial charge in [-0.05, 0) is 0 Å². The Morgan fingerprint density at radius 2 is 1.46 bits per heavy atom. The average molecular weight is 217 g/mol. The van der Waals surface area contributed by atoms with Crippen molar-refractivity contribution < 1.29 is 17.2 Å². The molecule has 0 radical (unpaired) electrons. The molecule has 0 aliphatic heterocycles. The number of hydrogen-bond acceptors (Lipinski definition) is 3. The van der Waals surface area contributed by atoms with Crippen molar-refractivity contribution in [1.29, 1.82) is 0 Å². The topological polar surface area (TPSA) is 21.7 Å². The third kappa shape index (κ3) is 6.20. The van der Waals surface area contributed by atoms with Gasteiger partial charge in [-0.25, -0.2) is 4.31 Å². The molecule has 0 heterocycles. The maximum Gasteiger partial charge on any atom is 0.116 e. The molecule has 0 fully saturated rings. The standard InChI is InChI=1S/C7H17F2NO2S/c1-11-6-4-10(5-7-12-2)13(3,8)9/h4-7H2,1-3H3. The molecule has 13 heavy (non-hydrogen) atoms. The quantitative estimate of drug-likeness (QED) is 0.648. The number of halogens is 2. The smallest absolute Gasteiger partial charge is 0.116 e. The summed E-state index contributed by atoms with van der Waals surface area (Å²) in [7, 11) is -0.641. The van der Waals surface area contributed by atoms with E-state index in [9.17, 15) is 7.77 Å². The van der Waals surface area contributed by atoms with E-state index in [1.807, 2.05) is 0 Å². The minimum Gasteiger partial charge on any atom is -0.383 e. The van der Waals surface area contributed by atoms with Crippen LogP contribution in [0.2, 0.25) is 0 Å². The van der Waals surface area contributed by atoms with Crippen molar-refractivity contribution in [3.8, 4) is 0 Å². The van der Waals surface area contributed by atoms with Crippen LogP contribution in [-0.4, -0.2) is 51.1 Å². The summed E-state index contributed by atoms with van der Waals surface area (Å²) in [6, 6.07) is 0. The van der Waals surface area contributed by atoms with Crippen LogP contribution in [0.1, 0.15) is 0 Å².